The third-order valence-electron chi connectivity index (χ3n) is 5.80. The van der Waals surface area contributed by atoms with Gasteiger partial charge in [0.25, 0.3) is 5.91 Å². The van der Waals surface area contributed by atoms with Gasteiger partial charge in [0.2, 0.25) is 0 Å². The number of carbonyl (C=O) groups is 1. The minimum atomic E-state index is -0.123. The van der Waals surface area contributed by atoms with Gasteiger partial charge in [0.15, 0.2) is 0 Å². The van der Waals surface area contributed by atoms with Crippen molar-refractivity contribution in [1.29, 1.82) is 0 Å². The van der Waals surface area contributed by atoms with Crippen LogP contribution in [0, 0.1) is 12.8 Å². The van der Waals surface area contributed by atoms with Crippen LogP contribution in [0.3, 0.4) is 0 Å². The van der Waals surface area contributed by atoms with Gasteiger partial charge in [0.1, 0.15) is 9.71 Å². The van der Waals surface area contributed by atoms with Crippen molar-refractivity contribution in [3.8, 4) is 0 Å². The highest BCUT2D eigenvalue weighted by molar-refractivity contribution is 7.21. The van der Waals surface area contributed by atoms with Crippen molar-refractivity contribution in [2.75, 3.05) is 30.3 Å². The molecule has 1 saturated heterocycles. The van der Waals surface area contributed by atoms with Crippen LogP contribution in [-0.2, 0) is 6.42 Å². The van der Waals surface area contributed by atoms with E-state index in [1.807, 2.05) is 19.1 Å². The summed E-state index contributed by atoms with van der Waals surface area (Å²) in [5.41, 5.74) is 10.1. The highest BCUT2D eigenvalue weighted by Crippen LogP contribution is 2.32. The molecule has 152 valence electrons. The van der Waals surface area contributed by atoms with Crippen LogP contribution in [0.15, 0.2) is 36.4 Å². The van der Waals surface area contributed by atoms with Gasteiger partial charge in [0, 0.05) is 36.4 Å². The fourth-order valence-corrected chi connectivity index (χ4v) is 4.99. The number of aromatic nitrogens is 1. The summed E-state index contributed by atoms with van der Waals surface area (Å²) in [5, 5.41) is 3.86. The van der Waals surface area contributed by atoms with Gasteiger partial charge < -0.3 is 16.0 Å². The maximum absolute atomic E-state index is 12.6. The Morgan fingerprint density at radius 3 is 2.79 bits per heavy atom. The number of anilines is 2. The minimum Gasteiger partial charge on any atom is -0.397 e. The number of nitrogens with two attached hydrogens (primary N) is 1. The molecule has 0 spiro atoms. The molecule has 5 nitrogen and oxygen atoms in total. The average Bonchev–Trinajstić information content (AvgIpc) is 3.33. The number of carbonyl (C=O) groups excluding carboxylic acids is 1. The summed E-state index contributed by atoms with van der Waals surface area (Å²) in [6.07, 6.45) is 3.35. The number of hydrogen-bond donors (Lipinski definition) is 2. The van der Waals surface area contributed by atoms with Crippen LogP contribution in [0.1, 0.15) is 40.7 Å². The van der Waals surface area contributed by atoms with E-state index in [1.165, 1.54) is 35.4 Å². The van der Waals surface area contributed by atoms with Gasteiger partial charge in [-0.05, 0) is 55.5 Å². The molecule has 1 aliphatic heterocycles. The molecule has 6 heteroatoms. The first kappa shape index (κ1) is 19.7. The Morgan fingerprint density at radius 1 is 1.28 bits per heavy atom. The summed E-state index contributed by atoms with van der Waals surface area (Å²) in [7, 11) is 0. The molecule has 29 heavy (non-hydrogen) atoms. The van der Waals surface area contributed by atoms with Crippen LogP contribution in [0.25, 0.3) is 10.2 Å². The van der Waals surface area contributed by atoms with Gasteiger partial charge in [-0.2, -0.15) is 0 Å². The van der Waals surface area contributed by atoms with Crippen LogP contribution in [-0.4, -0.2) is 30.5 Å². The number of hydrogen-bond acceptors (Lipinski definition) is 5. The lowest BCUT2D eigenvalue weighted by atomic mass is 10.1. The fourth-order valence-electron chi connectivity index (χ4n) is 3.93. The Morgan fingerprint density at radius 2 is 2.07 bits per heavy atom. The van der Waals surface area contributed by atoms with Crippen molar-refractivity contribution in [1.82, 2.24) is 10.3 Å². The first-order valence-corrected chi connectivity index (χ1v) is 11.1. The summed E-state index contributed by atoms with van der Waals surface area (Å²) in [4.78, 5) is 20.9. The van der Waals surface area contributed by atoms with Crippen molar-refractivity contribution in [2.45, 2.75) is 33.1 Å². The van der Waals surface area contributed by atoms with E-state index in [0.717, 1.165) is 41.3 Å². The van der Waals surface area contributed by atoms with E-state index in [-0.39, 0.29) is 5.91 Å². The monoisotopic (exact) mass is 408 g/mol. The van der Waals surface area contributed by atoms with E-state index >= 15 is 0 Å². The molecule has 3 heterocycles. The second kappa shape index (κ2) is 8.41. The quantitative estimate of drug-likeness (QED) is 0.634. The van der Waals surface area contributed by atoms with Crippen LogP contribution in [0.5, 0.6) is 0 Å². The number of fused-ring (bicyclic) bond motifs is 1. The largest absolute Gasteiger partial charge is 0.397 e. The van der Waals surface area contributed by atoms with Gasteiger partial charge in [-0.1, -0.05) is 25.5 Å². The van der Waals surface area contributed by atoms with Crippen LogP contribution in [0.4, 0.5) is 11.4 Å². The highest BCUT2D eigenvalue weighted by Gasteiger charge is 2.21. The maximum Gasteiger partial charge on any atom is 0.263 e. The highest BCUT2D eigenvalue weighted by atomic mass is 32.1. The molecule has 1 aliphatic rings. The lowest BCUT2D eigenvalue weighted by Crippen LogP contribution is -2.25. The van der Waals surface area contributed by atoms with E-state index in [0.29, 0.717) is 17.1 Å². The number of thiophene rings is 1. The maximum atomic E-state index is 12.6. The van der Waals surface area contributed by atoms with Crippen LogP contribution in [0.2, 0.25) is 0 Å². The number of nitrogens with zero attached hydrogens (tertiary/aromatic N) is 2. The normalized spacial score (nSPS) is 16.5. The molecule has 4 rings (SSSR count). The van der Waals surface area contributed by atoms with Crippen molar-refractivity contribution in [3.05, 3.63) is 52.5 Å². The van der Waals surface area contributed by atoms with Crippen molar-refractivity contribution in [3.63, 3.8) is 0 Å². The molecule has 1 fully saturated rings. The molecule has 0 aliphatic carbocycles. The summed E-state index contributed by atoms with van der Waals surface area (Å²) in [5.74, 6) is 0.702. The Bertz CT molecular complexity index is 1010. The number of nitrogen functional groups attached to an aromatic ring is 1. The molecule has 3 aromatic rings. The van der Waals surface area contributed by atoms with Gasteiger partial charge in [-0.15, -0.1) is 11.3 Å². The number of rotatable bonds is 6. The number of benzene rings is 1. The second-order valence-electron chi connectivity index (χ2n) is 7.83. The predicted molar refractivity (Wildman–Crippen MR) is 122 cm³/mol. The van der Waals surface area contributed by atoms with Gasteiger partial charge in [0.05, 0.1) is 5.69 Å². The standard InChI is InChI=1S/C23H28N4OS/c1-3-16-11-13-27(14-16)18-7-5-17(6-8-18)10-12-25-22(28)21-20(24)19-9-4-15(2)26-23(19)29-21/h4-9,16H,3,10-14,24H2,1-2H3,(H,25,28)/t16-/m0/s1. The Hall–Kier alpha value is -2.60. The second-order valence-corrected chi connectivity index (χ2v) is 8.83. The fraction of sp³-hybridized carbons (Fsp3) is 0.391. The van der Waals surface area contributed by atoms with Gasteiger partial charge in [-0.25, -0.2) is 4.98 Å². The summed E-state index contributed by atoms with van der Waals surface area (Å²) < 4.78 is 0. The molecule has 2 aromatic heterocycles. The van der Waals surface area contributed by atoms with E-state index in [4.69, 9.17) is 5.73 Å². The SMILES string of the molecule is CC[C@H]1CCN(c2ccc(CCNC(=O)c3sc4nc(C)ccc4c3N)cc2)C1. The van der Waals surface area contributed by atoms with E-state index in [1.54, 1.807) is 0 Å². The molecule has 0 bridgehead atoms. The molecule has 0 saturated carbocycles. The van der Waals surface area contributed by atoms with E-state index in [2.05, 4.69) is 46.4 Å². The number of nitrogens with one attached hydrogen (secondary N) is 1. The smallest absolute Gasteiger partial charge is 0.263 e. The zero-order chi connectivity index (χ0) is 20.4. The third-order valence-corrected chi connectivity index (χ3v) is 6.92. The van der Waals surface area contributed by atoms with Crippen molar-refractivity contribution in [2.24, 2.45) is 5.92 Å². The number of pyridine rings is 1. The summed E-state index contributed by atoms with van der Waals surface area (Å²) in [6.45, 7) is 7.11. The molecular weight excluding hydrogens is 380 g/mol. The van der Waals surface area contributed by atoms with Gasteiger partial charge >= 0.3 is 0 Å². The number of amides is 1. The van der Waals surface area contributed by atoms with Crippen molar-refractivity contribution >= 4 is 38.8 Å². The van der Waals surface area contributed by atoms with Crippen LogP contribution < -0.4 is 16.0 Å². The zero-order valence-electron chi connectivity index (χ0n) is 17.1. The van der Waals surface area contributed by atoms with Crippen LogP contribution >= 0.6 is 11.3 Å². The molecule has 0 radical (unpaired) electrons. The average molecular weight is 409 g/mol. The number of aryl methyl sites for hydroxylation is 1. The lowest BCUT2D eigenvalue weighted by Gasteiger charge is -2.19. The van der Waals surface area contributed by atoms with E-state index < -0.39 is 0 Å². The molecule has 3 N–H and O–H groups in total. The van der Waals surface area contributed by atoms with Gasteiger partial charge in [-0.3, -0.25) is 4.79 Å². The summed E-state index contributed by atoms with van der Waals surface area (Å²) >= 11 is 1.36. The molecule has 1 amide bonds. The first-order valence-electron chi connectivity index (χ1n) is 10.3. The third kappa shape index (κ3) is 4.22. The van der Waals surface area contributed by atoms with Crippen molar-refractivity contribution < 1.29 is 4.79 Å². The zero-order valence-corrected chi connectivity index (χ0v) is 17.9. The van der Waals surface area contributed by atoms with E-state index in [9.17, 15) is 4.79 Å². The minimum absolute atomic E-state index is 0.123. The Labute approximate surface area is 175 Å². The Kier molecular flexibility index (Phi) is 5.72. The lowest BCUT2D eigenvalue weighted by molar-refractivity contribution is 0.0959. The Balaban J connectivity index is 1.33. The first-order chi connectivity index (χ1) is 14.0. The predicted octanol–water partition coefficient (Wildman–Crippen LogP) is 4.40. The molecule has 1 atom stereocenters. The summed E-state index contributed by atoms with van der Waals surface area (Å²) in [6, 6.07) is 12.6. The topological polar surface area (TPSA) is 71.2 Å². The molecule has 1 aromatic carbocycles. The molecular formula is C23H28N4OS. The molecule has 0 unspecified atom stereocenters.